The van der Waals surface area contributed by atoms with E-state index in [1.54, 1.807) is 0 Å². The molecule has 2 rings (SSSR count). The molecule has 82 valence electrons. The molecule has 0 radical (unpaired) electrons. The molecule has 0 bridgehead atoms. The van der Waals surface area contributed by atoms with Crippen molar-refractivity contribution in [1.82, 2.24) is 0 Å². The van der Waals surface area contributed by atoms with Gasteiger partial charge in [0.2, 0.25) is 0 Å². The number of benzene rings is 1. The van der Waals surface area contributed by atoms with Crippen molar-refractivity contribution in [2.45, 2.75) is 24.9 Å². The van der Waals surface area contributed by atoms with E-state index in [1.807, 2.05) is 36.0 Å². The van der Waals surface area contributed by atoms with E-state index in [0.717, 1.165) is 36.5 Å². The van der Waals surface area contributed by atoms with Crippen molar-refractivity contribution < 1.29 is 5.11 Å². The standard InChI is InChI=1S/C12H17NOS/c13-11-3-1-10(2-4-11)9-12(14)5-7-15-8-6-12/h1-4,14H,5-9,13H2. The molecular formula is C12H17NOS. The van der Waals surface area contributed by atoms with E-state index in [1.165, 1.54) is 5.56 Å². The van der Waals surface area contributed by atoms with Gasteiger partial charge in [0.1, 0.15) is 0 Å². The number of nitrogens with two attached hydrogens (primary N) is 1. The van der Waals surface area contributed by atoms with Crippen LogP contribution in [0.4, 0.5) is 5.69 Å². The third-order valence-electron chi connectivity index (χ3n) is 2.94. The van der Waals surface area contributed by atoms with Gasteiger partial charge in [0.15, 0.2) is 0 Å². The van der Waals surface area contributed by atoms with Crippen LogP contribution >= 0.6 is 11.8 Å². The number of aliphatic hydroxyl groups is 1. The lowest BCUT2D eigenvalue weighted by molar-refractivity contribution is 0.0324. The fraction of sp³-hybridized carbons (Fsp3) is 0.500. The van der Waals surface area contributed by atoms with Crippen molar-refractivity contribution in [3.8, 4) is 0 Å². The number of thioether (sulfide) groups is 1. The SMILES string of the molecule is Nc1ccc(CC2(O)CCSCC2)cc1. The van der Waals surface area contributed by atoms with Crippen LogP contribution in [-0.4, -0.2) is 22.2 Å². The van der Waals surface area contributed by atoms with Crippen molar-refractivity contribution in [2.24, 2.45) is 0 Å². The Hall–Kier alpha value is -0.670. The summed E-state index contributed by atoms with van der Waals surface area (Å²) >= 11 is 1.93. The van der Waals surface area contributed by atoms with Gasteiger partial charge in [0, 0.05) is 12.1 Å². The Morgan fingerprint density at radius 1 is 1.20 bits per heavy atom. The summed E-state index contributed by atoms with van der Waals surface area (Å²) in [5.41, 5.74) is 7.10. The van der Waals surface area contributed by atoms with E-state index in [0.29, 0.717) is 0 Å². The zero-order valence-corrected chi connectivity index (χ0v) is 9.59. The summed E-state index contributed by atoms with van der Waals surface area (Å²) in [6.45, 7) is 0. The molecule has 2 nitrogen and oxygen atoms in total. The second-order valence-corrected chi connectivity index (χ2v) is 5.48. The van der Waals surface area contributed by atoms with Crippen LogP contribution in [0, 0.1) is 0 Å². The van der Waals surface area contributed by atoms with Crippen LogP contribution in [0.3, 0.4) is 0 Å². The summed E-state index contributed by atoms with van der Waals surface area (Å²) in [6, 6.07) is 7.82. The molecule has 0 aromatic heterocycles. The lowest BCUT2D eigenvalue weighted by atomic mass is 9.89. The molecule has 1 aliphatic rings. The summed E-state index contributed by atoms with van der Waals surface area (Å²) in [5, 5.41) is 10.3. The topological polar surface area (TPSA) is 46.2 Å². The normalized spacial score (nSPS) is 20.1. The second kappa shape index (κ2) is 4.45. The van der Waals surface area contributed by atoms with Gasteiger partial charge in [-0.1, -0.05) is 12.1 Å². The molecule has 0 aliphatic carbocycles. The van der Waals surface area contributed by atoms with Gasteiger partial charge in [-0.25, -0.2) is 0 Å². The van der Waals surface area contributed by atoms with Gasteiger partial charge in [-0.3, -0.25) is 0 Å². The summed E-state index contributed by atoms with van der Waals surface area (Å²) in [7, 11) is 0. The molecule has 3 heteroatoms. The quantitative estimate of drug-likeness (QED) is 0.754. The van der Waals surface area contributed by atoms with Crippen LogP contribution in [0.1, 0.15) is 18.4 Å². The van der Waals surface area contributed by atoms with Crippen LogP contribution in [0.25, 0.3) is 0 Å². The lowest BCUT2D eigenvalue weighted by Gasteiger charge is -2.31. The summed E-state index contributed by atoms with van der Waals surface area (Å²) < 4.78 is 0. The largest absolute Gasteiger partial charge is 0.399 e. The minimum atomic E-state index is -0.485. The number of hydrogen-bond donors (Lipinski definition) is 2. The number of hydrogen-bond acceptors (Lipinski definition) is 3. The molecule has 1 aromatic rings. The molecule has 0 saturated carbocycles. The maximum absolute atomic E-state index is 10.3. The molecule has 0 atom stereocenters. The molecule has 1 aromatic carbocycles. The molecule has 15 heavy (non-hydrogen) atoms. The Labute approximate surface area is 94.9 Å². The Kier molecular flexibility index (Phi) is 3.22. The number of nitrogen functional groups attached to an aromatic ring is 1. The number of anilines is 1. The predicted octanol–water partition coefficient (Wildman–Crippen LogP) is 2.07. The van der Waals surface area contributed by atoms with E-state index >= 15 is 0 Å². The first kappa shape index (κ1) is 10.8. The van der Waals surface area contributed by atoms with E-state index in [2.05, 4.69) is 0 Å². The van der Waals surface area contributed by atoms with Crippen molar-refractivity contribution in [3.05, 3.63) is 29.8 Å². The Morgan fingerprint density at radius 3 is 2.40 bits per heavy atom. The van der Waals surface area contributed by atoms with Crippen molar-refractivity contribution >= 4 is 17.4 Å². The van der Waals surface area contributed by atoms with Crippen LogP contribution in [0.5, 0.6) is 0 Å². The van der Waals surface area contributed by atoms with Crippen LogP contribution < -0.4 is 5.73 Å². The molecule has 0 spiro atoms. The second-order valence-electron chi connectivity index (χ2n) is 4.26. The minimum Gasteiger partial charge on any atom is -0.399 e. The molecule has 1 aliphatic heterocycles. The van der Waals surface area contributed by atoms with Crippen molar-refractivity contribution in [2.75, 3.05) is 17.2 Å². The van der Waals surface area contributed by atoms with Gasteiger partial charge >= 0.3 is 0 Å². The molecule has 1 saturated heterocycles. The maximum Gasteiger partial charge on any atom is 0.0703 e. The minimum absolute atomic E-state index is 0.485. The van der Waals surface area contributed by atoms with Crippen LogP contribution in [0.2, 0.25) is 0 Å². The average Bonchev–Trinajstić information content (AvgIpc) is 2.22. The Bertz CT molecular complexity index is 317. The lowest BCUT2D eigenvalue weighted by Crippen LogP contribution is -2.35. The van der Waals surface area contributed by atoms with E-state index < -0.39 is 5.60 Å². The van der Waals surface area contributed by atoms with Crippen molar-refractivity contribution in [1.29, 1.82) is 0 Å². The predicted molar refractivity (Wildman–Crippen MR) is 66.1 cm³/mol. The summed E-state index contributed by atoms with van der Waals surface area (Å²) in [6.07, 6.45) is 2.57. The average molecular weight is 223 g/mol. The highest BCUT2D eigenvalue weighted by molar-refractivity contribution is 7.99. The first-order valence-electron chi connectivity index (χ1n) is 5.33. The highest BCUT2D eigenvalue weighted by Crippen LogP contribution is 2.30. The first-order chi connectivity index (χ1) is 7.18. The van der Waals surface area contributed by atoms with Crippen molar-refractivity contribution in [3.63, 3.8) is 0 Å². The summed E-state index contributed by atoms with van der Waals surface area (Å²) in [4.78, 5) is 0. The molecule has 1 heterocycles. The molecular weight excluding hydrogens is 206 g/mol. The van der Waals surface area contributed by atoms with Crippen LogP contribution in [-0.2, 0) is 6.42 Å². The molecule has 0 amide bonds. The van der Waals surface area contributed by atoms with Crippen LogP contribution in [0.15, 0.2) is 24.3 Å². The third-order valence-corrected chi connectivity index (χ3v) is 3.92. The molecule has 3 N–H and O–H groups in total. The first-order valence-corrected chi connectivity index (χ1v) is 6.48. The highest BCUT2D eigenvalue weighted by atomic mass is 32.2. The van der Waals surface area contributed by atoms with E-state index in [4.69, 9.17) is 5.73 Å². The fourth-order valence-corrected chi connectivity index (χ4v) is 3.20. The number of rotatable bonds is 2. The van der Waals surface area contributed by atoms with Gasteiger partial charge < -0.3 is 10.8 Å². The molecule has 0 unspecified atom stereocenters. The Balaban J connectivity index is 2.03. The zero-order valence-electron chi connectivity index (χ0n) is 8.78. The van der Waals surface area contributed by atoms with Gasteiger partial charge in [-0.15, -0.1) is 0 Å². The fourth-order valence-electron chi connectivity index (χ4n) is 1.94. The highest BCUT2D eigenvalue weighted by Gasteiger charge is 2.29. The zero-order chi connectivity index (χ0) is 10.7. The van der Waals surface area contributed by atoms with E-state index in [9.17, 15) is 5.11 Å². The monoisotopic (exact) mass is 223 g/mol. The maximum atomic E-state index is 10.3. The summed E-state index contributed by atoms with van der Waals surface area (Å²) in [5.74, 6) is 2.15. The van der Waals surface area contributed by atoms with Gasteiger partial charge in [-0.2, -0.15) is 11.8 Å². The smallest absolute Gasteiger partial charge is 0.0703 e. The van der Waals surface area contributed by atoms with E-state index in [-0.39, 0.29) is 0 Å². The third kappa shape index (κ3) is 2.89. The molecule has 1 fully saturated rings. The van der Waals surface area contributed by atoms with Gasteiger partial charge in [0.05, 0.1) is 5.60 Å². The Morgan fingerprint density at radius 2 is 1.80 bits per heavy atom. The van der Waals surface area contributed by atoms with Gasteiger partial charge in [0.25, 0.3) is 0 Å². The van der Waals surface area contributed by atoms with Gasteiger partial charge in [-0.05, 0) is 42.0 Å².